The van der Waals surface area contributed by atoms with Crippen molar-refractivity contribution in [2.24, 2.45) is 5.92 Å². The van der Waals surface area contributed by atoms with Crippen molar-refractivity contribution in [2.75, 3.05) is 30.3 Å². The lowest BCUT2D eigenvalue weighted by molar-refractivity contribution is -0.136. The second-order valence-corrected chi connectivity index (χ2v) is 17.1. The number of nitrogen functional groups attached to an aromatic ring is 1. The van der Waals surface area contributed by atoms with Gasteiger partial charge >= 0.3 is 0 Å². The van der Waals surface area contributed by atoms with Gasteiger partial charge in [-0.2, -0.15) is 5.10 Å². The summed E-state index contributed by atoms with van der Waals surface area (Å²) in [5.41, 5.74) is 8.44. The van der Waals surface area contributed by atoms with Crippen LogP contribution in [0.5, 0.6) is 5.75 Å². The molecule has 7 heterocycles. The number of carbonyl (C=O) groups is 4. The van der Waals surface area contributed by atoms with Gasteiger partial charge in [0, 0.05) is 72.2 Å². The lowest BCUT2D eigenvalue weighted by Gasteiger charge is -2.53. The number of nitrogens with zero attached hydrogens (tertiary/aromatic N) is 6. The van der Waals surface area contributed by atoms with Gasteiger partial charge in [-0.1, -0.05) is 23.2 Å². The predicted octanol–water partition coefficient (Wildman–Crippen LogP) is 6.74. The fourth-order valence-electron chi connectivity index (χ4n) is 9.62. The maximum absolute atomic E-state index is 15.8. The number of halogens is 4. The summed E-state index contributed by atoms with van der Waals surface area (Å²) in [6.45, 7) is 4.06. The van der Waals surface area contributed by atoms with Gasteiger partial charge in [-0.05, 0) is 88.1 Å². The maximum Gasteiger partial charge on any atom is 0.262 e. The molecule has 2 bridgehead atoms. The van der Waals surface area contributed by atoms with Gasteiger partial charge in [0.05, 0.1) is 34.1 Å². The molecule has 0 radical (unpaired) electrons. The molecule has 2 aromatic heterocycles. The second-order valence-electron chi connectivity index (χ2n) is 16.3. The summed E-state index contributed by atoms with van der Waals surface area (Å²) < 4.78 is 38.1. The molecule has 13 nitrogen and oxygen atoms in total. The SMILES string of the molecule is C[C@@H](Oc1cc(-c2cnn(C3CCC(CN4CC5CCC4CN5c4cc5c(cc4F)C(=O)N(C4CCC(=O)NC4=O)C5=O)CC3)c2)cnc1N)c1c(Cl)ccc(F)c1Cl. The van der Waals surface area contributed by atoms with Crippen LogP contribution in [0.4, 0.5) is 20.3 Å². The van der Waals surface area contributed by atoms with Crippen LogP contribution in [-0.2, 0) is 9.59 Å². The Bertz CT molecular complexity index is 2390. The summed E-state index contributed by atoms with van der Waals surface area (Å²) in [7, 11) is 0. The Kier molecular flexibility index (Phi) is 10.3. The molecule has 3 N–H and O–H groups in total. The standard InChI is InChI=1S/C42H42Cl2F2N8O5/c1-21(37-30(43)8-9-31(45)38(37)44)59-35-12-23(15-48-39(35)47)24-16-49-53(18-24)25-4-2-22(3-5-25)17-51-19-27-7-6-26(51)20-52(27)34-14-29-28(13-32(34)46)41(57)54(42(29)58)33-10-11-36(55)50-40(33)56/h8-9,12-16,18,21-22,25-27,33H,2-7,10-11,17,19-20H2,1H3,(H2,47,48)(H,50,55,56)/t21-,22?,25?,26?,27?,33?/m1/s1. The van der Waals surface area contributed by atoms with E-state index >= 15 is 4.39 Å². The molecular formula is C42H42Cl2F2N8O5. The first-order chi connectivity index (χ1) is 28.3. The number of nitrogens with two attached hydrogens (primary N) is 1. The molecule has 6 aliphatic rings. The van der Waals surface area contributed by atoms with Gasteiger partial charge in [-0.15, -0.1) is 0 Å². The van der Waals surface area contributed by atoms with E-state index in [0.717, 1.165) is 73.7 Å². The number of pyridine rings is 1. The maximum atomic E-state index is 15.8. The van der Waals surface area contributed by atoms with Gasteiger partial charge < -0.3 is 15.4 Å². The number of piperidine rings is 3. The van der Waals surface area contributed by atoms with E-state index in [-0.39, 0.29) is 58.0 Å². The van der Waals surface area contributed by atoms with Crippen LogP contribution in [0.1, 0.15) is 96.7 Å². The van der Waals surface area contributed by atoms with E-state index in [1.54, 1.807) is 25.4 Å². The van der Waals surface area contributed by atoms with E-state index in [4.69, 9.17) is 38.8 Å². The van der Waals surface area contributed by atoms with Gasteiger partial charge in [0.25, 0.3) is 11.8 Å². The van der Waals surface area contributed by atoms with Gasteiger partial charge in [0.2, 0.25) is 11.8 Å². The molecule has 10 rings (SSSR count). The highest BCUT2D eigenvalue weighted by atomic mass is 35.5. The first-order valence-corrected chi connectivity index (χ1v) is 20.8. The molecule has 4 saturated heterocycles. The fourth-order valence-corrected chi connectivity index (χ4v) is 10.3. The third kappa shape index (κ3) is 7.20. The number of anilines is 2. The normalized spacial score (nSPS) is 25.1. The molecule has 1 saturated carbocycles. The van der Waals surface area contributed by atoms with Crippen LogP contribution in [-0.4, -0.2) is 86.0 Å². The van der Waals surface area contributed by atoms with Crippen LogP contribution in [0.15, 0.2) is 48.9 Å². The van der Waals surface area contributed by atoms with E-state index in [0.29, 0.717) is 29.5 Å². The van der Waals surface area contributed by atoms with Crippen molar-refractivity contribution in [3.8, 4) is 16.9 Å². The monoisotopic (exact) mass is 846 g/mol. The van der Waals surface area contributed by atoms with E-state index in [9.17, 15) is 23.6 Å². The third-order valence-corrected chi connectivity index (χ3v) is 13.5. The predicted molar refractivity (Wildman–Crippen MR) is 215 cm³/mol. The number of carbonyl (C=O) groups excluding carboxylic acids is 4. The first kappa shape index (κ1) is 39.3. The highest BCUT2D eigenvalue weighted by Crippen LogP contribution is 2.41. The number of hydrogen-bond acceptors (Lipinski definition) is 10. The fraction of sp³-hybridized carbons (Fsp3) is 0.429. The topological polar surface area (TPSA) is 156 Å². The summed E-state index contributed by atoms with van der Waals surface area (Å²) in [6, 6.07) is 6.44. The van der Waals surface area contributed by atoms with E-state index in [1.807, 2.05) is 15.8 Å². The van der Waals surface area contributed by atoms with Gasteiger partial charge in [0.15, 0.2) is 11.6 Å². The molecular weight excluding hydrogens is 805 g/mol. The van der Waals surface area contributed by atoms with Crippen LogP contribution in [0.25, 0.3) is 11.1 Å². The van der Waals surface area contributed by atoms with E-state index < -0.39 is 47.4 Å². The van der Waals surface area contributed by atoms with E-state index in [2.05, 4.69) is 15.2 Å². The molecule has 308 valence electrons. The minimum atomic E-state index is -1.10. The number of fused-ring (bicyclic) bond motifs is 4. The molecule has 3 unspecified atom stereocenters. The minimum Gasteiger partial charge on any atom is -0.482 e. The lowest BCUT2D eigenvalue weighted by Crippen LogP contribution is -2.63. The highest BCUT2D eigenvalue weighted by molar-refractivity contribution is 6.36. The molecule has 4 amide bonds. The minimum absolute atomic E-state index is 0.0147. The first-order valence-electron chi connectivity index (χ1n) is 20.0. The molecule has 59 heavy (non-hydrogen) atoms. The molecule has 17 heteroatoms. The summed E-state index contributed by atoms with van der Waals surface area (Å²) in [6.07, 6.45) is 10.8. The number of imide groups is 2. The Balaban J connectivity index is 0.807. The zero-order valence-electron chi connectivity index (χ0n) is 32.2. The number of aromatic nitrogens is 3. The van der Waals surface area contributed by atoms with Crippen molar-refractivity contribution in [1.29, 1.82) is 0 Å². The van der Waals surface area contributed by atoms with Gasteiger partial charge in [-0.3, -0.25) is 39.0 Å². The van der Waals surface area contributed by atoms with Crippen molar-refractivity contribution in [2.45, 2.75) is 88.6 Å². The zero-order valence-corrected chi connectivity index (χ0v) is 33.7. The Hall–Kier alpha value is -5.12. The Morgan fingerprint density at radius 3 is 2.34 bits per heavy atom. The number of ether oxygens (including phenoxy) is 1. The molecule has 1 aliphatic carbocycles. The number of nitrogens with one attached hydrogen (secondary N) is 1. The van der Waals surface area contributed by atoms with Gasteiger partial charge in [0.1, 0.15) is 23.8 Å². The van der Waals surface area contributed by atoms with Crippen LogP contribution < -0.4 is 20.7 Å². The lowest BCUT2D eigenvalue weighted by atomic mass is 9.83. The summed E-state index contributed by atoms with van der Waals surface area (Å²) in [5, 5.41) is 7.08. The number of benzene rings is 2. The Morgan fingerprint density at radius 2 is 1.61 bits per heavy atom. The van der Waals surface area contributed by atoms with Crippen LogP contribution in [0.3, 0.4) is 0 Å². The van der Waals surface area contributed by atoms with Crippen LogP contribution in [0.2, 0.25) is 10.0 Å². The molecule has 4 atom stereocenters. The Morgan fingerprint density at radius 1 is 0.881 bits per heavy atom. The largest absolute Gasteiger partial charge is 0.482 e. The third-order valence-electron chi connectivity index (χ3n) is 12.7. The molecule has 0 spiro atoms. The average Bonchev–Trinajstić information content (AvgIpc) is 3.80. The molecule has 4 aromatic rings. The number of amides is 4. The summed E-state index contributed by atoms with van der Waals surface area (Å²) >= 11 is 12.5. The number of rotatable bonds is 9. The average molecular weight is 848 g/mol. The highest BCUT2D eigenvalue weighted by Gasteiger charge is 2.47. The summed E-state index contributed by atoms with van der Waals surface area (Å²) in [5.74, 6) is -2.67. The van der Waals surface area contributed by atoms with Crippen molar-refractivity contribution in [3.05, 3.63) is 87.3 Å². The zero-order chi connectivity index (χ0) is 41.3. The second kappa shape index (κ2) is 15.5. The molecule has 2 aromatic carbocycles. The number of hydrogen-bond donors (Lipinski definition) is 2. The van der Waals surface area contributed by atoms with Crippen molar-refractivity contribution in [3.63, 3.8) is 0 Å². The smallest absolute Gasteiger partial charge is 0.262 e. The molecule has 5 aliphatic heterocycles. The van der Waals surface area contributed by atoms with Crippen molar-refractivity contribution in [1.82, 2.24) is 29.9 Å². The molecule has 5 fully saturated rings. The van der Waals surface area contributed by atoms with Crippen LogP contribution >= 0.6 is 23.2 Å². The van der Waals surface area contributed by atoms with E-state index in [1.165, 1.54) is 18.2 Å². The quantitative estimate of drug-likeness (QED) is 0.137. The number of piperazine rings is 1. The van der Waals surface area contributed by atoms with Crippen molar-refractivity contribution >= 4 is 58.3 Å². The summed E-state index contributed by atoms with van der Waals surface area (Å²) in [4.78, 5) is 60.7. The Labute approximate surface area is 348 Å². The van der Waals surface area contributed by atoms with Crippen molar-refractivity contribution < 1.29 is 32.7 Å². The van der Waals surface area contributed by atoms with Gasteiger partial charge in [-0.25, -0.2) is 13.8 Å². The van der Waals surface area contributed by atoms with Crippen LogP contribution in [0, 0.1) is 17.6 Å².